The Labute approximate surface area is 173 Å². The Morgan fingerprint density at radius 3 is 2.34 bits per heavy atom. The summed E-state index contributed by atoms with van der Waals surface area (Å²) in [5.74, 6) is 0.00395. The third-order valence-electron chi connectivity index (χ3n) is 6.03. The molecule has 1 amide bonds. The molecule has 3 aromatic carbocycles. The third-order valence-corrected chi connectivity index (χ3v) is 6.03. The SMILES string of the molecule is CN(C)c1ccc([C@@H](CNC(=O)c2ccc3ccccc3c2)[NH+]2CCCC2)cc1. The molecular weight excluding hydrogens is 358 g/mol. The van der Waals surface area contributed by atoms with Crippen LogP contribution in [-0.4, -0.2) is 39.6 Å². The average molecular weight is 389 g/mol. The summed E-state index contributed by atoms with van der Waals surface area (Å²) in [6.45, 7) is 3.00. The second-order valence-electron chi connectivity index (χ2n) is 8.18. The van der Waals surface area contributed by atoms with Crippen LogP contribution < -0.4 is 15.1 Å². The molecule has 0 unspecified atom stereocenters. The van der Waals surface area contributed by atoms with Crippen molar-refractivity contribution in [3.63, 3.8) is 0 Å². The highest BCUT2D eigenvalue weighted by Crippen LogP contribution is 2.18. The van der Waals surface area contributed by atoms with E-state index in [0.29, 0.717) is 6.54 Å². The van der Waals surface area contributed by atoms with Gasteiger partial charge in [0.15, 0.2) is 0 Å². The number of rotatable bonds is 6. The standard InChI is InChI=1S/C25H29N3O/c1-27(2)23-13-11-20(12-14-23)24(28-15-5-6-16-28)18-26-25(29)22-10-9-19-7-3-4-8-21(19)17-22/h3-4,7-14,17,24H,5-6,15-16,18H2,1-2H3,(H,26,29)/p+1/t24-/m1/s1. The minimum Gasteiger partial charge on any atom is -0.378 e. The van der Waals surface area contributed by atoms with Crippen molar-refractivity contribution in [3.8, 4) is 0 Å². The number of carbonyl (C=O) groups is 1. The molecule has 4 heteroatoms. The number of carbonyl (C=O) groups excluding carboxylic acids is 1. The zero-order valence-electron chi connectivity index (χ0n) is 17.3. The Bertz CT molecular complexity index is 975. The van der Waals surface area contributed by atoms with Gasteiger partial charge in [-0.05, 0) is 35.0 Å². The quantitative estimate of drug-likeness (QED) is 0.681. The average Bonchev–Trinajstić information content (AvgIpc) is 3.28. The maximum Gasteiger partial charge on any atom is 0.251 e. The van der Waals surface area contributed by atoms with Gasteiger partial charge in [0, 0.05) is 43.8 Å². The molecule has 29 heavy (non-hydrogen) atoms. The predicted octanol–water partition coefficient (Wildman–Crippen LogP) is 3.06. The fourth-order valence-electron chi connectivity index (χ4n) is 4.31. The van der Waals surface area contributed by atoms with Crippen LogP contribution in [0.4, 0.5) is 5.69 Å². The first kappa shape index (κ1) is 19.5. The summed E-state index contributed by atoms with van der Waals surface area (Å²) in [7, 11) is 4.12. The number of quaternary nitrogens is 1. The van der Waals surface area contributed by atoms with Crippen molar-refractivity contribution in [1.82, 2.24) is 5.32 Å². The maximum absolute atomic E-state index is 12.9. The van der Waals surface area contributed by atoms with Crippen molar-refractivity contribution in [3.05, 3.63) is 77.9 Å². The number of benzene rings is 3. The lowest BCUT2D eigenvalue weighted by molar-refractivity contribution is -0.918. The molecule has 2 N–H and O–H groups in total. The molecule has 1 heterocycles. The topological polar surface area (TPSA) is 36.8 Å². The van der Waals surface area contributed by atoms with Gasteiger partial charge in [-0.25, -0.2) is 0 Å². The van der Waals surface area contributed by atoms with Crippen LogP contribution in [0.1, 0.15) is 34.8 Å². The first-order chi connectivity index (χ1) is 14.1. The van der Waals surface area contributed by atoms with Crippen LogP contribution >= 0.6 is 0 Å². The predicted molar refractivity (Wildman–Crippen MR) is 120 cm³/mol. The fourth-order valence-corrected chi connectivity index (χ4v) is 4.31. The van der Waals surface area contributed by atoms with Gasteiger partial charge in [0.05, 0.1) is 19.6 Å². The molecule has 0 radical (unpaired) electrons. The molecule has 4 nitrogen and oxygen atoms in total. The summed E-state index contributed by atoms with van der Waals surface area (Å²) in [4.78, 5) is 16.5. The van der Waals surface area contributed by atoms with E-state index in [1.807, 2.05) is 30.3 Å². The molecule has 1 aliphatic rings. The van der Waals surface area contributed by atoms with Crippen molar-refractivity contribution in [2.45, 2.75) is 18.9 Å². The van der Waals surface area contributed by atoms with Crippen molar-refractivity contribution in [2.24, 2.45) is 0 Å². The van der Waals surface area contributed by atoms with E-state index < -0.39 is 0 Å². The Hall–Kier alpha value is -2.85. The number of likely N-dealkylation sites (tertiary alicyclic amines) is 1. The van der Waals surface area contributed by atoms with Crippen LogP contribution in [0, 0.1) is 0 Å². The van der Waals surface area contributed by atoms with E-state index in [2.05, 4.69) is 60.7 Å². The van der Waals surface area contributed by atoms with E-state index in [4.69, 9.17) is 0 Å². The highest BCUT2D eigenvalue weighted by molar-refractivity contribution is 5.98. The van der Waals surface area contributed by atoms with E-state index in [1.54, 1.807) is 4.90 Å². The summed E-state index contributed by atoms with van der Waals surface area (Å²) >= 11 is 0. The molecule has 0 saturated carbocycles. The number of anilines is 1. The summed E-state index contributed by atoms with van der Waals surface area (Å²) in [6.07, 6.45) is 2.53. The van der Waals surface area contributed by atoms with Crippen molar-refractivity contribution >= 4 is 22.4 Å². The van der Waals surface area contributed by atoms with E-state index in [0.717, 1.165) is 16.3 Å². The van der Waals surface area contributed by atoms with Crippen LogP contribution in [0.25, 0.3) is 10.8 Å². The number of nitrogens with one attached hydrogen (secondary N) is 2. The van der Waals surface area contributed by atoms with E-state index in [-0.39, 0.29) is 11.9 Å². The fraction of sp³-hybridized carbons (Fsp3) is 0.320. The van der Waals surface area contributed by atoms with E-state index in [9.17, 15) is 4.79 Å². The molecule has 1 atom stereocenters. The molecule has 0 aliphatic carbocycles. The van der Waals surface area contributed by atoms with Gasteiger partial charge in [0.2, 0.25) is 0 Å². The summed E-state index contributed by atoms with van der Waals surface area (Å²) in [6, 6.07) is 23.1. The molecule has 150 valence electrons. The van der Waals surface area contributed by atoms with Crippen LogP contribution in [0.15, 0.2) is 66.7 Å². The number of nitrogens with zero attached hydrogens (tertiary/aromatic N) is 1. The van der Waals surface area contributed by atoms with E-state index in [1.165, 1.54) is 37.2 Å². The molecule has 0 aromatic heterocycles. The highest BCUT2D eigenvalue weighted by Gasteiger charge is 2.28. The lowest BCUT2D eigenvalue weighted by Gasteiger charge is -2.26. The van der Waals surface area contributed by atoms with Crippen LogP contribution in [0.5, 0.6) is 0 Å². The number of hydrogen-bond donors (Lipinski definition) is 2. The largest absolute Gasteiger partial charge is 0.378 e. The molecule has 1 fully saturated rings. The minimum atomic E-state index is 0.00395. The monoisotopic (exact) mass is 388 g/mol. The van der Waals surface area contributed by atoms with Gasteiger partial charge in [-0.1, -0.05) is 42.5 Å². The van der Waals surface area contributed by atoms with Crippen molar-refractivity contribution in [2.75, 3.05) is 38.6 Å². The second-order valence-corrected chi connectivity index (χ2v) is 8.18. The van der Waals surface area contributed by atoms with Gasteiger partial charge in [-0.2, -0.15) is 0 Å². The summed E-state index contributed by atoms with van der Waals surface area (Å²) in [5.41, 5.74) is 3.22. The number of amides is 1. The van der Waals surface area contributed by atoms with Crippen molar-refractivity contribution < 1.29 is 9.69 Å². The zero-order valence-corrected chi connectivity index (χ0v) is 17.3. The van der Waals surface area contributed by atoms with E-state index >= 15 is 0 Å². The summed E-state index contributed by atoms with van der Waals surface area (Å²) in [5, 5.41) is 5.46. The summed E-state index contributed by atoms with van der Waals surface area (Å²) < 4.78 is 0. The van der Waals surface area contributed by atoms with Gasteiger partial charge in [-0.15, -0.1) is 0 Å². The Morgan fingerprint density at radius 1 is 0.966 bits per heavy atom. The van der Waals surface area contributed by atoms with Crippen molar-refractivity contribution in [1.29, 1.82) is 0 Å². The van der Waals surface area contributed by atoms with Gasteiger partial charge in [0.1, 0.15) is 6.04 Å². The Balaban J connectivity index is 1.50. The van der Waals surface area contributed by atoms with Crippen LogP contribution in [-0.2, 0) is 0 Å². The Kier molecular flexibility index (Phi) is 5.81. The van der Waals surface area contributed by atoms with Gasteiger partial charge in [0.25, 0.3) is 5.91 Å². The first-order valence-corrected chi connectivity index (χ1v) is 10.5. The third kappa shape index (κ3) is 4.43. The van der Waals surface area contributed by atoms with Crippen LogP contribution in [0.3, 0.4) is 0 Å². The van der Waals surface area contributed by atoms with Crippen LogP contribution in [0.2, 0.25) is 0 Å². The normalized spacial score (nSPS) is 15.4. The van der Waals surface area contributed by atoms with Gasteiger partial charge < -0.3 is 15.1 Å². The number of fused-ring (bicyclic) bond motifs is 1. The lowest BCUT2D eigenvalue weighted by Crippen LogP contribution is -3.11. The smallest absolute Gasteiger partial charge is 0.251 e. The molecule has 1 saturated heterocycles. The second kappa shape index (κ2) is 8.66. The Morgan fingerprint density at radius 2 is 1.66 bits per heavy atom. The molecule has 0 spiro atoms. The molecule has 4 rings (SSSR count). The lowest BCUT2D eigenvalue weighted by atomic mass is 10.0. The zero-order chi connectivity index (χ0) is 20.2. The number of hydrogen-bond acceptors (Lipinski definition) is 2. The molecule has 0 bridgehead atoms. The molecule has 3 aromatic rings. The minimum absolute atomic E-state index is 0.00395. The highest BCUT2D eigenvalue weighted by atomic mass is 16.1. The molecular formula is C25H30N3O+. The first-order valence-electron chi connectivity index (χ1n) is 10.5. The molecule has 1 aliphatic heterocycles. The van der Waals surface area contributed by atoms with Gasteiger partial charge in [-0.3, -0.25) is 4.79 Å². The van der Waals surface area contributed by atoms with Gasteiger partial charge >= 0.3 is 0 Å². The maximum atomic E-state index is 12.9.